The van der Waals surface area contributed by atoms with Crippen LogP contribution in [0, 0.1) is 0 Å². The van der Waals surface area contributed by atoms with E-state index in [-0.39, 0.29) is 5.82 Å². The number of hydrogen-bond acceptors (Lipinski definition) is 7. The van der Waals surface area contributed by atoms with Crippen molar-refractivity contribution in [2.75, 3.05) is 18.6 Å². The van der Waals surface area contributed by atoms with E-state index >= 15 is 0 Å². The fourth-order valence-electron chi connectivity index (χ4n) is 5.14. The fraction of sp³-hybridized carbons (Fsp3) is 0.423. The highest BCUT2D eigenvalue weighted by Gasteiger charge is 2.36. The van der Waals surface area contributed by atoms with E-state index < -0.39 is 11.9 Å². The molecular weight excluding hydrogens is 497 g/mol. The van der Waals surface area contributed by atoms with E-state index in [0.29, 0.717) is 30.5 Å². The Morgan fingerprint density at radius 2 is 1.95 bits per heavy atom. The zero-order chi connectivity index (χ0) is 26.6. The van der Waals surface area contributed by atoms with Crippen LogP contribution in [0.4, 0.5) is 19.0 Å². The Morgan fingerprint density at radius 3 is 2.61 bits per heavy atom. The van der Waals surface area contributed by atoms with Crippen LogP contribution in [0.5, 0.6) is 5.88 Å². The molecule has 9 nitrogen and oxygen atoms in total. The number of methoxy groups -OCH3 is 1. The number of ether oxygens (including phenoxy) is 1. The van der Waals surface area contributed by atoms with E-state index in [1.807, 2.05) is 17.8 Å². The minimum absolute atomic E-state index is 0.248. The van der Waals surface area contributed by atoms with Gasteiger partial charge in [-0.25, -0.2) is 19.9 Å². The predicted octanol–water partition coefficient (Wildman–Crippen LogP) is 4.62. The van der Waals surface area contributed by atoms with Crippen LogP contribution in [0.15, 0.2) is 30.9 Å². The molecular formula is C26H27F3N8O. The topological polar surface area (TPSA) is 86.8 Å². The van der Waals surface area contributed by atoms with Gasteiger partial charge in [0, 0.05) is 68.2 Å². The molecule has 0 bridgehead atoms. The summed E-state index contributed by atoms with van der Waals surface area (Å²) in [5.41, 5.74) is 4.51. The quantitative estimate of drug-likeness (QED) is 0.364. The molecule has 0 atom stereocenters. The van der Waals surface area contributed by atoms with Gasteiger partial charge in [-0.05, 0) is 31.9 Å². The molecule has 1 aliphatic carbocycles. The van der Waals surface area contributed by atoms with Crippen molar-refractivity contribution in [1.82, 2.24) is 34.3 Å². The standard InChI is InChI=1S/C26H27F3N8O/c1-4-36-13-19(26(27,28)29)33-24(36)16-7-8-20(30-11-16)37-10-9-18-17(12-37)23(34-35(18)2)21-22(15-5-6-15)31-14-32-25(21)38-3/h7-8,11,13-15H,4-6,9-10,12H2,1-3H3. The second-order valence-electron chi connectivity index (χ2n) is 9.63. The van der Waals surface area contributed by atoms with Gasteiger partial charge in [0.05, 0.1) is 18.4 Å². The summed E-state index contributed by atoms with van der Waals surface area (Å²) in [6, 6.07) is 3.61. The molecule has 38 heavy (non-hydrogen) atoms. The average molecular weight is 525 g/mol. The summed E-state index contributed by atoms with van der Waals surface area (Å²) in [4.78, 5) is 19.5. The molecule has 0 N–H and O–H groups in total. The Bertz CT molecular complexity index is 1490. The normalized spacial score (nSPS) is 15.6. The lowest BCUT2D eigenvalue weighted by molar-refractivity contribution is -0.140. The zero-order valence-corrected chi connectivity index (χ0v) is 21.3. The molecule has 0 amide bonds. The van der Waals surface area contributed by atoms with Crippen LogP contribution in [-0.4, -0.2) is 47.9 Å². The Kier molecular flexibility index (Phi) is 5.84. The third-order valence-corrected chi connectivity index (χ3v) is 7.22. The van der Waals surface area contributed by atoms with Crippen molar-refractivity contribution < 1.29 is 17.9 Å². The molecule has 5 heterocycles. The average Bonchev–Trinajstić information content (AvgIpc) is 3.59. The van der Waals surface area contributed by atoms with E-state index in [1.54, 1.807) is 32.6 Å². The highest BCUT2D eigenvalue weighted by molar-refractivity contribution is 5.73. The van der Waals surface area contributed by atoms with Gasteiger partial charge >= 0.3 is 6.18 Å². The molecule has 0 aromatic carbocycles. The molecule has 0 unspecified atom stereocenters. The van der Waals surface area contributed by atoms with Crippen molar-refractivity contribution in [3.63, 3.8) is 0 Å². The maximum absolute atomic E-state index is 13.2. The molecule has 4 aromatic heterocycles. The van der Waals surface area contributed by atoms with Gasteiger partial charge in [0.2, 0.25) is 5.88 Å². The Morgan fingerprint density at radius 1 is 1.13 bits per heavy atom. The summed E-state index contributed by atoms with van der Waals surface area (Å²) in [6.07, 6.45) is 2.62. The van der Waals surface area contributed by atoms with Crippen LogP contribution < -0.4 is 9.64 Å². The van der Waals surface area contributed by atoms with Gasteiger partial charge in [0.1, 0.15) is 23.7 Å². The first-order valence-corrected chi connectivity index (χ1v) is 12.6. The highest BCUT2D eigenvalue weighted by Crippen LogP contribution is 2.46. The van der Waals surface area contributed by atoms with E-state index in [4.69, 9.17) is 9.84 Å². The molecule has 1 saturated carbocycles. The van der Waals surface area contributed by atoms with Gasteiger partial charge in [-0.1, -0.05) is 0 Å². The summed E-state index contributed by atoms with van der Waals surface area (Å²) in [6.45, 7) is 3.46. The summed E-state index contributed by atoms with van der Waals surface area (Å²) in [5.74, 6) is 1.89. The third-order valence-electron chi connectivity index (χ3n) is 7.22. The summed E-state index contributed by atoms with van der Waals surface area (Å²) in [7, 11) is 3.56. The maximum atomic E-state index is 13.2. The van der Waals surface area contributed by atoms with Gasteiger partial charge in [-0.15, -0.1) is 0 Å². The SMILES string of the molecule is CCn1cc(C(F)(F)F)nc1-c1ccc(N2CCc3c(c(-c4c(OC)ncnc4C4CC4)nn3C)C2)nc1. The number of aromatic nitrogens is 7. The monoisotopic (exact) mass is 524 g/mol. The fourth-order valence-corrected chi connectivity index (χ4v) is 5.14. The van der Waals surface area contributed by atoms with Crippen molar-refractivity contribution in [2.45, 2.75) is 51.4 Å². The first-order chi connectivity index (χ1) is 18.3. The second kappa shape index (κ2) is 9.10. The largest absolute Gasteiger partial charge is 0.480 e. The number of alkyl halides is 3. The summed E-state index contributed by atoms with van der Waals surface area (Å²) < 4.78 is 48.7. The van der Waals surface area contributed by atoms with Crippen molar-refractivity contribution in [3.8, 4) is 28.5 Å². The van der Waals surface area contributed by atoms with Crippen molar-refractivity contribution >= 4 is 5.82 Å². The number of anilines is 1. The van der Waals surface area contributed by atoms with Crippen LogP contribution in [0.1, 0.15) is 48.3 Å². The molecule has 6 rings (SSSR count). The second-order valence-corrected chi connectivity index (χ2v) is 9.63. The number of hydrogen-bond donors (Lipinski definition) is 0. The van der Waals surface area contributed by atoms with Crippen molar-refractivity contribution in [2.24, 2.45) is 7.05 Å². The first-order valence-electron chi connectivity index (χ1n) is 12.6. The van der Waals surface area contributed by atoms with Gasteiger partial charge in [-0.3, -0.25) is 4.68 Å². The van der Waals surface area contributed by atoms with Crippen LogP contribution >= 0.6 is 0 Å². The minimum Gasteiger partial charge on any atom is -0.480 e. The van der Waals surface area contributed by atoms with Crippen molar-refractivity contribution in [3.05, 3.63) is 53.5 Å². The molecule has 0 spiro atoms. The first kappa shape index (κ1) is 24.4. The number of pyridine rings is 1. The van der Waals surface area contributed by atoms with Gasteiger partial charge in [0.25, 0.3) is 0 Å². The molecule has 1 aliphatic heterocycles. The van der Waals surface area contributed by atoms with Crippen molar-refractivity contribution in [1.29, 1.82) is 0 Å². The van der Waals surface area contributed by atoms with Gasteiger partial charge in [-0.2, -0.15) is 18.3 Å². The third kappa shape index (κ3) is 4.17. The van der Waals surface area contributed by atoms with E-state index in [2.05, 4.69) is 24.8 Å². The number of imidazole rings is 1. The van der Waals surface area contributed by atoms with E-state index in [1.165, 1.54) is 4.57 Å². The molecule has 2 aliphatic rings. The Hall–Kier alpha value is -3.96. The maximum Gasteiger partial charge on any atom is 0.434 e. The van der Waals surface area contributed by atoms with Gasteiger partial charge in [0.15, 0.2) is 5.69 Å². The van der Waals surface area contributed by atoms with Crippen LogP contribution in [-0.2, 0) is 32.7 Å². The van der Waals surface area contributed by atoms with Gasteiger partial charge < -0.3 is 14.2 Å². The molecule has 12 heteroatoms. The van der Waals surface area contributed by atoms with Crippen LogP contribution in [0.3, 0.4) is 0 Å². The zero-order valence-electron chi connectivity index (χ0n) is 21.3. The smallest absolute Gasteiger partial charge is 0.434 e. The number of nitrogens with zero attached hydrogens (tertiary/aromatic N) is 8. The Labute approximate surface area is 217 Å². The molecule has 0 saturated heterocycles. The highest BCUT2D eigenvalue weighted by atomic mass is 19.4. The lowest BCUT2D eigenvalue weighted by Crippen LogP contribution is -2.31. The van der Waals surface area contributed by atoms with E-state index in [9.17, 15) is 13.2 Å². The molecule has 198 valence electrons. The van der Waals surface area contributed by atoms with Crippen LogP contribution in [0.2, 0.25) is 0 Å². The summed E-state index contributed by atoms with van der Waals surface area (Å²) >= 11 is 0. The number of aryl methyl sites for hydroxylation is 2. The predicted molar refractivity (Wildman–Crippen MR) is 134 cm³/mol. The minimum atomic E-state index is -4.50. The molecule has 1 fully saturated rings. The Balaban J connectivity index is 1.32. The van der Waals surface area contributed by atoms with Crippen LogP contribution in [0.25, 0.3) is 22.6 Å². The summed E-state index contributed by atoms with van der Waals surface area (Å²) in [5, 5.41) is 4.87. The lowest BCUT2D eigenvalue weighted by Gasteiger charge is -2.29. The number of rotatable bonds is 6. The number of fused-ring (bicyclic) bond motifs is 1. The van der Waals surface area contributed by atoms with E-state index in [0.717, 1.165) is 66.0 Å². The molecule has 4 aromatic rings. The lowest BCUT2D eigenvalue weighted by atomic mass is 9.99. The number of halogens is 3. The molecule has 0 radical (unpaired) electrons.